The lowest BCUT2D eigenvalue weighted by Gasteiger charge is -2.36. The summed E-state index contributed by atoms with van der Waals surface area (Å²) in [5, 5.41) is 6.51. The molecule has 0 aliphatic carbocycles. The van der Waals surface area contributed by atoms with Crippen LogP contribution in [0.15, 0.2) is 29.3 Å². The Morgan fingerprint density at radius 2 is 1.79 bits per heavy atom. The number of piperazine rings is 1. The van der Waals surface area contributed by atoms with Gasteiger partial charge in [0, 0.05) is 65.7 Å². The van der Waals surface area contributed by atoms with E-state index in [2.05, 4.69) is 25.4 Å². The third-order valence-corrected chi connectivity index (χ3v) is 4.11. The van der Waals surface area contributed by atoms with Gasteiger partial charge in [0.15, 0.2) is 5.96 Å². The third-order valence-electron chi connectivity index (χ3n) is 4.11. The maximum absolute atomic E-state index is 13.0. The average Bonchev–Trinajstić information content (AvgIpc) is 2.62. The summed E-state index contributed by atoms with van der Waals surface area (Å²) in [5.74, 6) is 0.618. The topological polar surface area (TPSA) is 52.1 Å². The minimum atomic E-state index is -0.184. The molecule has 6 nitrogen and oxygen atoms in total. The normalized spacial score (nSPS) is 16.3. The first-order chi connectivity index (χ1) is 11.7. The van der Waals surface area contributed by atoms with Crippen molar-refractivity contribution in [3.05, 3.63) is 30.1 Å². The summed E-state index contributed by atoms with van der Waals surface area (Å²) in [6.07, 6.45) is 0. The number of methoxy groups -OCH3 is 1. The highest BCUT2D eigenvalue weighted by atomic mass is 19.1. The second kappa shape index (κ2) is 10.1. The first kappa shape index (κ1) is 18.5. The lowest BCUT2D eigenvalue weighted by atomic mass is 10.2. The van der Waals surface area contributed by atoms with Crippen molar-refractivity contribution in [2.45, 2.75) is 0 Å². The van der Waals surface area contributed by atoms with Crippen LogP contribution in [0.5, 0.6) is 0 Å². The number of aliphatic imine (C=N–C) groups is 1. The lowest BCUT2D eigenvalue weighted by Crippen LogP contribution is -2.49. The Labute approximate surface area is 143 Å². The molecule has 1 aliphatic heterocycles. The summed E-state index contributed by atoms with van der Waals surface area (Å²) < 4.78 is 18.0. The molecule has 1 aliphatic rings. The molecule has 0 aromatic heterocycles. The van der Waals surface area contributed by atoms with Gasteiger partial charge in [0.1, 0.15) is 5.82 Å². The maximum atomic E-state index is 13.0. The van der Waals surface area contributed by atoms with Crippen LogP contribution in [0.4, 0.5) is 10.1 Å². The number of benzene rings is 1. The van der Waals surface area contributed by atoms with Gasteiger partial charge < -0.3 is 20.3 Å². The smallest absolute Gasteiger partial charge is 0.191 e. The fourth-order valence-electron chi connectivity index (χ4n) is 2.71. The van der Waals surface area contributed by atoms with Crippen molar-refractivity contribution in [1.82, 2.24) is 15.5 Å². The molecule has 0 spiro atoms. The molecule has 2 N–H and O–H groups in total. The van der Waals surface area contributed by atoms with Crippen molar-refractivity contribution in [2.24, 2.45) is 4.99 Å². The second-order valence-electron chi connectivity index (χ2n) is 5.72. The number of halogens is 1. The molecule has 0 atom stereocenters. The van der Waals surface area contributed by atoms with Gasteiger partial charge >= 0.3 is 0 Å². The van der Waals surface area contributed by atoms with Crippen molar-refractivity contribution >= 4 is 11.6 Å². The number of hydrogen-bond acceptors (Lipinski definition) is 4. The number of guanidine groups is 1. The Balaban J connectivity index is 1.65. The molecule has 1 aromatic carbocycles. The SMILES string of the molecule is CN=C(NCCOC)NCCN1CCN(c2ccc(F)cc2)CC1. The first-order valence-electron chi connectivity index (χ1n) is 8.39. The van der Waals surface area contributed by atoms with Crippen molar-refractivity contribution in [3.8, 4) is 0 Å². The van der Waals surface area contributed by atoms with E-state index in [0.29, 0.717) is 6.61 Å². The predicted molar refractivity (Wildman–Crippen MR) is 96.3 cm³/mol. The molecular formula is C17H28FN5O. The summed E-state index contributed by atoms with van der Waals surface area (Å²) >= 11 is 0. The Morgan fingerprint density at radius 3 is 2.42 bits per heavy atom. The highest BCUT2D eigenvalue weighted by molar-refractivity contribution is 5.79. The number of nitrogens with one attached hydrogen (secondary N) is 2. The monoisotopic (exact) mass is 337 g/mol. The van der Waals surface area contributed by atoms with Crippen LogP contribution in [0.2, 0.25) is 0 Å². The largest absolute Gasteiger partial charge is 0.383 e. The molecule has 0 saturated carbocycles. The van der Waals surface area contributed by atoms with E-state index in [0.717, 1.165) is 57.5 Å². The molecule has 0 unspecified atom stereocenters. The van der Waals surface area contributed by atoms with Crippen molar-refractivity contribution in [1.29, 1.82) is 0 Å². The van der Waals surface area contributed by atoms with Crippen molar-refractivity contribution in [3.63, 3.8) is 0 Å². The van der Waals surface area contributed by atoms with E-state index >= 15 is 0 Å². The summed E-state index contributed by atoms with van der Waals surface area (Å²) in [5.41, 5.74) is 1.09. The van der Waals surface area contributed by atoms with Crippen LogP contribution >= 0.6 is 0 Å². The second-order valence-corrected chi connectivity index (χ2v) is 5.72. The van der Waals surface area contributed by atoms with Gasteiger partial charge in [0.05, 0.1) is 6.61 Å². The molecule has 0 radical (unpaired) electrons. The highest BCUT2D eigenvalue weighted by Gasteiger charge is 2.16. The van der Waals surface area contributed by atoms with Crippen molar-refractivity contribution < 1.29 is 9.13 Å². The highest BCUT2D eigenvalue weighted by Crippen LogP contribution is 2.16. The number of hydrogen-bond donors (Lipinski definition) is 2. The molecule has 7 heteroatoms. The fraction of sp³-hybridized carbons (Fsp3) is 0.588. The summed E-state index contributed by atoms with van der Waals surface area (Å²) in [7, 11) is 3.45. The standard InChI is InChI=1S/C17H28FN5O/c1-19-17(21-8-14-24-2)20-7-9-22-10-12-23(13-11-22)16-5-3-15(18)4-6-16/h3-6H,7-14H2,1-2H3,(H2,19,20,21). The van der Waals surface area contributed by atoms with Gasteiger partial charge in [-0.1, -0.05) is 0 Å². The lowest BCUT2D eigenvalue weighted by molar-refractivity contribution is 0.203. The van der Waals surface area contributed by atoms with Crippen LogP contribution in [-0.4, -0.2) is 77.4 Å². The minimum Gasteiger partial charge on any atom is -0.383 e. The summed E-state index contributed by atoms with van der Waals surface area (Å²) in [6.45, 7) is 7.17. The van der Waals surface area contributed by atoms with Crippen LogP contribution in [-0.2, 0) is 4.74 Å². The third kappa shape index (κ3) is 5.98. The van der Waals surface area contributed by atoms with E-state index in [-0.39, 0.29) is 5.82 Å². The number of nitrogens with zero attached hydrogens (tertiary/aromatic N) is 3. The van der Waals surface area contributed by atoms with E-state index in [9.17, 15) is 4.39 Å². The Bertz CT molecular complexity index is 500. The Morgan fingerprint density at radius 1 is 1.12 bits per heavy atom. The zero-order chi connectivity index (χ0) is 17.2. The molecule has 1 aromatic rings. The summed E-state index contributed by atoms with van der Waals surface area (Å²) in [4.78, 5) is 8.91. The molecule has 0 bridgehead atoms. The number of rotatable bonds is 7. The summed E-state index contributed by atoms with van der Waals surface area (Å²) in [6, 6.07) is 6.74. The molecule has 0 amide bonds. The quantitative estimate of drug-likeness (QED) is 0.437. The van der Waals surface area contributed by atoms with Gasteiger partial charge in [0.25, 0.3) is 0 Å². The fourth-order valence-corrected chi connectivity index (χ4v) is 2.71. The average molecular weight is 337 g/mol. The van der Waals surface area contributed by atoms with Crippen molar-refractivity contribution in [2.75, 3.05) is 71.5 Å². The van der Waals surface area contributed by atoms with Crippen LogP contribution in [0.1, 0.15) is 0 Å². The first-order valence-corrected chi connectivity index (χ1v) is 8.39. The molecular weight excluding hydrogens is 309 g/mol. The zero-order valence-corrected chi connectivity index (χ0v) is 14.6. The number of anilines is 1. The van der Waals surface area contributed by atoms with Gasteiger partial charge in [0.2, 0.25) is 0 Å². The molecule has 24 heavy (non-hydrogen) atoms. The Kier molecular flexibility index (Phi) is 7.77. The molecule has 1 saturated heterocycles. The molecule has 2 rings (SSSR count). The zero-order valence-electron chi connectivity index (χ0n) is 14.6. The van der Waals surface area contributed by atoms with Crippen LogP contribution in [0.3, 0.4) is 0 Å². The van der Waals surface area contributed by atoms with Gasteiger partial charge in [-0.3, -0.25) is 9.89 Å². The van der Waals surface area contributed by atoms with Crippen LogP contribution < -0.4 is 15.5 Å². The minimum absolute atomic E-state index is 0.184. The van der Waals surface area contributed by atoms with Crippen LogP contribution in [0.25, 0.3) is 0 Å². The maximum Gasteiger partial charge on any atom is 0.191 e. The van der Waals surface area contributed by atoms with Gasteiger partial charge in [-0.2, -0.15) is 0 Å². The number of ether oxygens (including phenoxy) is 1. The van der Waals surface area contributed by atoms with E-state index in [4.69, 9.17) is 4.74 Å². The van der Waals surface area contributed by atoms with Gasteiger partial charge in [-0.15, -0.1) is 0 Å². The molecule has 1 fully saturated rings. The van der Waals surface area contributed by atoms with E-state index in [1.807, 2.05) is 12.1 Å². The Hall–Kier alpha value is -1.86. The predicted octanol–water partition coefficient (Wildman–Crippen LogP) is 0.759. The van der Waals surface area contributed by atoms with Gasteiger partial charge in [-0.25, -0.2) is 4.39 Å². The van der Waals surface area contributed by atoms with E-state index in [1.165, 1.54) is 12.1 Å². The van der Waals surface area contributed by atoms with Crippen LogP contribution in [0, 0.1) is 5.82 Å². The molecule has 1 heterocycles. The molecule has 134 valence electrons. The van der Waals surface area contributed by atoms with E-state index < -0.39 is 0 Å². The van der Waals surface area contributed by atoms with E-state index in [1.54, 1.807) is 14.2 Å². The van der Waals surface area contributed by atoms with Gasteiger partial charge in [-0.05, 0) is 24.3 Å².